The molecular formula is C8H14O2. The molecule has 0 aliphatic carbocycles. The molecule has 2 nitrogen and oxygen atoms in total. The largest absolute Gasteiger partial charge is 0.481 e. The maximum atomic E-state index is 10.1. The van der Waals surface area contributed by atoms with Crippen molar-refractivity contribution in [2.75, 3.05) is 0 Å². The molecule has 1 N–H and O–H groups in total. The van der Waals surface area contributed by atoms with Crippen molar-refractivity contribution in [3.05, 3.63) is 11.1 Å². The number of hydrogen-bond donors (Lipinski definition) is 1. The third-order valence-electron chi connectivity index (χ3n) is 1.57. The van der Waals surface area contributed by atoms with Crippen molar-refractivity contribution < 1.29 is 9.90 Å². The van der Waals surface area contributed by atoms with Gasteiger partial charge in [-0.25, -0.2) is 0 Å². The molecule has 0 aromatic carbocycles. The summed E-state index contributed by atoms with van der Waals surface area (Å²) < 4.78 is 0. The number of rotatable bonds is 3. The zero-order valence-electron chi connectivity index (χ0n) is 6.77. The molecule has 58 valence electrons. The van der Waals surface area contributed by atoms with E-state index in [2.05, 4.69) is 0 Å². The predicted molar refractivity (Wildman–Crippen MR) is 40.9 cm³/mol. The fourth-order valence-electron chi connectivity index (χ4n) is 0.544. The van der Waals surface area contributed by atoms with E-state index >= 15 is 0 Å². The van der Waals surface area contributed by atoms with Gasteiger partial charge in [0.1, 0.15) is 0 Å². The van der Waals surface area contributed by atoms with Crippen LogP contribution in [0.1, 0.15) is 33.6 Å². The van der Waals surface area contributed by atoms with E-state index in [9.17, 15) is 4.79 Å². The summed E-state index contributed by atoms with van der Waals surface area (Å²) in [6, 6.07) is 0. The molecule has 2 heteroatoms. The minimum atomic E-state index is -0.722. The highest BCUT2D eigenvalue weighted by atomic mass is 16.4. The van der Waals surface area contributed by atoms with Crippen LogP contribution < -0.4 is 0 Å². The Morgan fingerprint density at radius 3 is 2.00 bits per heavy atom. The molecule has 0 aliphatic heterocycles. The van der Waals surface area contributed by atoms with Crippen molar-refractivity contribution in [2.45, 2.75) is 33.6 Å². The highest BCUT2D eigenvalue weighted by molar-refractivity contribution is 5.67. The summed E-state index contributed by atoms with van der Waals surface area (Å²) in [6.07, 6.45) is 0.925. The predicted octanol–water partition coefficient (Wildman–Crippen LogP) is 2.21. The van der Waals surface area contributed by atoms with E-state index in [0.29, 0.717) is 6.42 Å². The van der Waals surface area contributed by atoms with Crippen LogP contribution >= 0.6 is 0 Å². The molecule has 0 amide bonds. The van der Waals surface area contributed by atoms with Crippen molar-refractivity contribution in [3.63, 3.8) is 0 Å². The summed E-state index contributed by atoms with van der Waals surface area (Å²) in [5.74, 6) is -0.722. The number of aliphatic carboxylic acids is 1. The van der Waals surface area contributed by atoms with Gasteiger partial charge in [-0.05, 0) is 27.2 Å². The van der Waals surface area contributed by atoms with Gasteiger partial charge in [-0.15, -0.1) is 0 Å². The molecule has 0 fully saturated rings. The van der Waals surface area contributed by atoms with Gasteiger partial charge in [-0.1, -0.05) is 11.1 Å². The summed E-state index contributed by atoms with van der Waals surface area (Å²) in [6.45, 7) is 5.96. The van der Waals surface area contributed by atoms with E-state index in [1.165, 1.54) is 11.1 Å². The summed E-state index contributed by atoms with van der Waals surface area (Å²) in [5.41, 5.74) is 2.41. The normalized spacial score (nSPS) is 9.10. The average Bonchev–Trinajstić information content (AvgIpc) is 1.82. The van der Waals surface area contributed by atoms with Crippen LogP contribution in [-0.2, 0) is 4.79 Å². The Morgan fingerprint density at radius 1 is 1.20 bits per heavy atom. The Bertz CT molecular complexity index is 153. The molecule has 0 spiro atoms. The van der Waals surface area contributed by atoms with E-state index in [1.54, 1.807) is 0 Å². The fraction of sp³-hybridized carbons (Fsp3) is 0.625. The first-order chi connectivity index (χ1) is 4.54. The van der Waals surface area contributed by atoms with E-state index in [0.717, 1.165) is 0 Å². The maximum Gasteiger partial charge on any atom is 0.303 e. The third kappa shape index (κ3) is 4.13. The van der Waals surface area contributed by atoms with Crippen LogP contribution in [0, 0.1) is 0 Å². The van der Waals surface area contributed by atoms with Gasteiger partial charge < -0.3 is 5.11 Å². The molecule has 0 saturated heterocycles. The number of carbonyl (C=O) groups is 1. The second kappa shape index (κ2) is 4.09. The van der Waals surface area contributed by atoms with Crippen molar-refractivity contribution in [2.24, 2.45) is 0 Å². The van der Waals surface area contributed by atoms with Crippen LogP contribution in [0.2, 0.25) is 0 Å². The van der Waals surface area contributed by atoms with Gasteiger partial charge in [0.15, 0.2) is 0 Å². The Labute approximate surface area is 61.6 Å². The second-order valence-electron chi connectivity index (χ2n) is 2.67. The summed E-state index contributed by atoms with van der Waals surface area (Å²) in [4.78, 5) is 10.1. The fourth-order valence-corrected chi connectivity index (χ4v) is 0.544. The topological polar surface area (TPSA) is 37.3 Å². The quantitative estimate of drug-likeness (QED) is 0.613. The molecular weight excluding hydrogens is 128 g/mol. The highest BCUT2D eigenvalue weighted by Crippen LogP contribution is 2.08. The van der Waals surface area contributed by atoms with Gasteiger partial charge in [0, 0.05) is 6.42 Å². The van der Waals surface area contributed by atoms with Crippen LogP contribution in [0.4, 0.5) is 0 Å². The van der Waals surface area contributed by atoms with E-state index < -0.39 is 5.97 Å². The van der Waals surface area contributed by atoms with Crippen LogP contribution in [0.25, 0.3) is 0 Å². The minimum Gasteiger partial charge on any atom is -0.481 e. The smallest absolute Gasteiger partial charge is 0.303 e. The second-order valence-corrected chi connectivity index (χ2v) is 2.67. The van der Waals surface area contributed by atoms with Crippen molar-refractivity contribution in [1.29, 1.82) is 0 Å². The van der Waals surface area contributed by atoms with Gasteiger partial charge in [0.05, 0.1) is 0 Å². The highest BCUT2D eigenvalue weighted by Gasteiger charge is 1.97. The lowest BCUT2D eigenvalue weighted by Gasteiger charge is -1.99. The van der Waals surface area contributed by atoms with E-state index in [-0.39, 0.29) is 6.42 Å². The SMILES string of the molecule is CC(C)=C(C)CCC(=O)O. The molecule has 0 saturated carbocycles. The minimum absolute atomic E-state index is 0.247. The first-order valence-electron chi connectivity index (χ1n) is 3.38. The lowest BCUT2D eigenvalue weighted by molar-refractivity contribution is -0.136. The lowest BCUT2D eigenvalue weighted by atomic mass is 10.1. The number of carboxylic acid groups (broad SMARTS) is 1. The van der Waals surface area contributed by atoms with Gasteiger partial charge >= 0.3 is 5.97 Å². The standard InChI is InChI=1S/C8H14O2/c1-6(2)7(3)4-5-8(9)10/h4-5H2,1-3H3,(H,9,10). The first kappa shape index (κ1) is 9.21. The van der Waals surface area contributed by atoms with Crippen molar-refractivity contribution >= 4 is 5.97 Å². The lowest BCUT2D eigenvalue weighted by Crippen LogP contribution is -1.94. The molecule has 0 atom stereocenters. The summed E-state index contributed by atoms with van der Waals surface area (Å²) >= 11 is 0. The van der Waals surface area contributed by atoms with Crippen LogP contribution in [0.3, 0.4) is 0 Å². The van der Waals surface area contributed by atoms with E-state index in [1.807, 2.05) is 20.8 Å². The summed E-state index contributed by atoms with van der Waals surface area (Å²) in [5, 5.41) is 8.32. The van der Waals surface area contributed by atoms with Crippen LogP contribution in [0.15, 0.2) is 11.1 Å². The molecule has 0 aliphatic rings. The molecule has 0 heterocycles. The van der Waals surface area contributed by atoms with Crippen LogP contribution in [-0.4, -0.2) is 11.1 Å². The summed E-state index contributed by atoms with van der Waals surface area (Å²) in [7, 11) is 0. The Balaban J connectivity index is 3.71. The van der Waals surface area contributed by atoms with Gasteiger partial charge in [-0.2, -0.15) is 0 Å². The van der Waals surface area contributed by atoms with Crippen molar-refractivity contribution in [1.82, 2.24) is 0 Å². The number of carboxylic acids is 1. The molecule has 0 aromatic rings. The molecule has 0 unspecified atom stereocenters. The molecule has 0 radical (unpaired) electrons. The third-order valence-corrected chi connectivity index (χ3v) is 1.57. The molecule has 0 bridgehead atoms. The molecule has 10 heavy (non-hydrogen) atoms. The zero-order chi connectivity index (χ0) is 8.15. The van der Waals surface area contributed by atoms with Gasteiger partial charge in [0.2, 0.25) is 0 Å². The maximum absolute atomic E-state index is 10.1. The molecule has 0 aromatic heterocycles. The van der Waals surface area contributed by atoms with E-state index in [4.69, 9.17) is 5.11 Å². The number of hydrogen-bond acceptors (Lipinski definition) is 1. The number of allylic oxidation sites excluding steroid dienone is 2. The Kier molecular flexibility index (Phi) is 3.77. The molecule has 0 rings (SSSR count). The van der Waals surface area contributed by atoms with Gasteiger partial charge in [0.25, 0.3) is 0 Å². The Hall–Kier alpha value is -0.790. The first-order valence-corrected chi connectivity index (χ1v) is 3.38. The van der Waals surface area contributed by atoms with Gasteiger partial charge in [-0.3, -0.25) is 4.79 Å². The van der Waals surface area contributed by atoms with Crippen LogP contribution in [0.5, 0.6) is 0 Å². The van der Waals surface area contributed by atoms with Crippen molar-refractivity contribution in [3.8, 4) is 0 Å². The average molecular weight is 142 g/mol. The Morgan fingerprint density at radius 2 is 1.70 bits per heavy atom. The zero-order valence-corrected chi connectivity index (χ0v) is 6.77. The monoisotopic (exact) mass is 142 g/mol.